The number of allylic oxidation sites excluding steroid dienone is 34. The van der Waals surface area contributed by atoms with Crippen LogP contribution in [0.15, 0.2) is 207 Å². The molecule has 2 unspecified atom stereocenters. The van der Waals surface area contributed by atoms with Gasteiger partial charge in [0.25, 0.3) is 0 Å². The highest BCUT2D eigenvalue weighted by atomic mass is 31.2. The molecule has 0 aromatic heterocycles. The first-order valence-corrected chi connectivity index (χ1v) is 40.3. The molecule has 0 aromatic carbocycles. The largest absolute Gasteiger partial charge is 0.472 e. The second-order valence-corrected chi connectivity index (χ2v) is 27.7. The van der Waals surface area contributed by atoms with E-state index < -0.39 is 26.5 Å². The SMILES string of the molecule is CC/C=C\C/C=C\C/C=C\C/C=C\C/C=C\C/C=C\C/C=C\C/C=C\C/C=C\C/C=C\C/C=C\C/C=C\CCCCC(=O)OC(COC(=O)CCCCCCCCCCCCCCCCCCCCC/C=C\C/C=C\C/C=C\C/C=C\C/C=C\CC)COP(=O)(O)OCC[N+](C)(C)C. The number of hydrogen-bond donors (Lipinski definition) is 1. The van der Waals surface area contributed by atoms with Crippen LogP contribution in [0.25, 0.3) is 0 Å². The van der Waals surface area contributed by atoms with Crippen LogP contribution in [0.3, 0.4) is 0 Å². The van der Waals surface area contributed by atoms with Crippen molar-refractivity contribution in [1.82, 2.24) is 0 Å². The Morgan fingerprint density at radius 2 is 0.551 bits per heavy atom. The van der Waals surface area contributed by atoms with E-state index in [1.54, 1.807) is 0 Å². The topological polar surface area (TPSA) is 108 Å². The third-order valence-electron chi connectivity index (χ3n) is 15.8. The maximum atomic E-state index is 12.9. The predicted octanol–water partition coefficient (Wildman–Crippen LogP) is 26.2. The van der Waals surface area contributed by atoms with Gasteiger partial charge < -0.3 is 18.9 Å². The van der Waals surface area contributed by atoms with Crippen molar-refractivity contribution in [2.75, 3.05) is 47.5 Å². The molecule has 0 amide bonds. The minimum atomic E-state index is -4.42. The Hall–Kier alpha value is -5.41. The molecule has 0 aliphatic rings. The number of esters is 2. The third kappa shape index (κ3) is 79.6. The number of ether oxygens (including phenoxy) is 2. The highest BCUT2D eigenvalue weighted by Crippen LogP contribution is 2.43. The molecule has 0 bridgehead atoms. The third-order valence-corrected chi connectivity index (χ3v) is 16.8. The van der Waals surface area contributed by atoms with Crippen LogP contribution in [-0.2, 0) is 32.7 Å². The number of unbranched alkanes of at least 4 members (excludes halogenated alkanes) is 21. The van der Waals surface area contributed by atoms with Gasteiger partial charge in [-0.1, -0.05) is 330 Å². The molecule has 552 valence electrons. The second kappa shape index (κ2) is 75.8. The summed E-state index contributed by atoms with van der Waals surface area (Å²) in [4.78, 5) is 35.9. The van der Waals surface area contributed by atoms with Crippen molar-refractivity contribution in [3.63, 3.8) is 0 Å². The molecule has 0 aliphatic heterocycles. The van der Waals surface area contributed by atoms with Gasteiger partial charge in [0.05, 0.1) is 27.7 Å². The van der Waals surface area contributed by atoms with Gasteiger partial charge >= 0.3 is 19.8 Å². The van der Waals surface area contributed by atoms with Crippen molar-refractivity contribution in [3.05, 3.63) is 207 Å². The summed E-state index contributed by atoms with van der Waals surface area (Å²) >= 11 is 0. The van der Waals surface area contributed by atoms with Gasteiger partial charge in [-0.2, -0.15) is 0 Å². The number of carbonyl (C=O) groups excluding carboxylic acids is 2. The number of hydrogen-bond acceptors (Lipinski definition) is 7. The molecule has 0 aromatic rings. The molecule has 0 radical (unpaired) electrons. The van der Waals surface area contributed by atoms with Gasteiger partial charge in [0.2, 0.25) is 0 Å². The highest BCUT2D eigenvalue weighted by Gasteiger charge is 2.27. The van der Waals surface area contributed by atoms with Crippen molar-refractivity contribution in [1.29, 1.82) is 0 Å². The zero-order valence-electron chi connectivity index (χ0n) is 62.9. The van der Waals surface area contributed by atoms with Gasteiger partial charge in [-0.3, -0.25) is 18.6 Å². The fourth-order valence-corrected chi connectivity index (χ4v) is 10.7. The quantitative estimate of drug-likeness (QED) is 0.0211. The lowest BCUT2D eigenvalue weighted by atomic mass is 10.0. The van der Waals surface area contributed by atoms with E-state index in [1.807, 2.05) is 21.1 Å². The summed E-state index contributed by atoms with van der Waals surface area (Å²) < 4.78 is 34.7. The number of likely N-dealkylation sites (N-methyl/N-ethyl adjacent to an activating group) is 1. The summed E-state index contributed by atoms with van der Waals surface area (Å²) in [6, 6.07) is 0. The molecule has 10 heteroatoms. The fraction of sp³-hybridized carbons (Fsp3) is 0.591. The van der Waals surface area contributed by atoms with E-state index in [1.165, 1.54) is 109 Å². The van der Waals surface area contributed by atoms with Crippen LogP contribution in [0.5, 0.6) is 0 Å². The molecular formula is C88H143NO8P+. The molecule has 0 saturated carbocycles. The van der Waals surface area contributed by atoms with Crippen molar-refractivity contribution in [3.8, 4) is 0 Å². The Balaban J connectivity index is 4.14. The first-order chi connectivity index (χ1) is 48.0. The first kappa shape index (κ1) is 92.6. The molecule has 98 heavy (non-hydrogen) atoms. The van der Waals surface area contributed by atoms with E-state index in [0.29, 0.717) is 17.4 Å². The molecular weight excluding hydrogens is 1230 g/mol. The molecule has 0 spiro atoms. The van der Waals surface area contributed by atoms with Crippen LogP contribution >= 0.6 is 7.82 Å². The fourth-order valence-electron chi connectivity index (χ4n) is 9.97. The van der Waals surface area contributed by atoms with Gasteiger partial charge in [0, 0.05) is 12.8 Å². The van der Waals surface area contributed by atoms with E-state index in [0.717, 1.165) is 141 Å². The van der Waals surface area contributed by atoms with Crippen LogP contribution in [0, 0.1) is 0 Å². The van der Waals surface area contributed by atoms with E-state index in [2.05, 4.69) is 220 Å². The zero-order valence-corrected chi connectivity index (χ0v) is 63.8. The lowest BCUT2D eigenvalue weighted by Gasteiger charge is -2.24. The minimum absolute atomic E-state index is 0.0135. The zero-order chi connectivity index (χ0) is 71.1. The van der Waals surface area contributed by atoms with Gasteiger partial charge in [0.15, 0.2) is 6.10 Å². The smallest absolute Gasteiger partial charge is 0.462 e. The Bertz CT molecular complexity index is 2410. The maximum Gasteiger partial charge on any atom is 0.472 e. The number of nitrogens with zero attached hydrogens (tertiary/aromatic N) is 1. The molecule has 0 saturated heterocycles. The lowest BCUT2D eigenvalue weighted by Crippen LogP contribution is -2.37. The number of carbonyl (C=O) groups is 2. The average Bonchev–Trinajstić information content (AvgIpc) is 1.23. The van der Waals surface area contributed by atoms with E-state index in [4.69, 9.17) is 18.5 Å². The number of phosphoric ester groups is 1. The Morgan fingerprint density at radius 3 is 0.837 bits per heavy atom. The van der Waals surface area contributed by atoms with Gasteiger partial charge in [-0.15, -0.1) is 0 Å². The normalized spacial score (nSPS) is 14.2. The number of quaternary nitrogens is 1. The maximum absolute atomic E-state index is 12.9. The summed E-state index contributed by atoms with van der Waals surface area (Å²) in [6.07, 6.45) is 120. The van der Waals surface area contributed by atoms with Crippen molar-refractivity contribution >= 4 is 19.8 Å². The summed E-state index contributed by atoms with van der Waals surface area (Å²) in [7, 11) is 1.43. The summed E-state index contributed by atoms with van der Waals surface area (Å²) in [5.41, 5.74) is 0. The summed E-state index contributed by atoms with van der Waals surface area (Å²) in [6.45, 7) is 4.15. The van der Waals surface area contributed by atoms with Crippen molar-refractivity contribution in [2.24, 2.45) is 0 Å². The Kier molecular flexibility index (Phi) is 71.6. The summed E-state index contributed by atoms with van der Waals surface area (Å²) in [5, 5.41) is 0. The van der Waals surface area contributed by atoms with Crippen molar-refractivity contribution in [2.45, 2.75) is 290 Å². The van der Waals surface area contributed by atoms with Crippen LogP contribution < -0.4 is 0 Å². The van der Waals surface area contributed by atoms with E-state index >= 15 is 0 Å². The minimum Gasteiger partial charge on any atom is -0.462 e. The second-order valence-electron chi connectivity index (χ2n) is 26.3. The molecule has 9 nitrogen and oxygen atoms in total. The Labute approximate surface area is 602 Å². The Morgan fingerprint density at radius 1 is 0.316 bits per heavy atom. The van der Waals surface area contributed by atoms with Crippen LogP contribution in [0.4, 0.5) is 0 Å². The number of rotatable bonds is 69. The monoisotopic (exact) mass is 1370 g/mol. The molecule has 0 heterocycles. The summed E-state index contributed by atoms with van der Waals surface area (Å²) in [5.74, 6) is -0.856. The van der Waals surface area contributed by atoms with Crippen LogP contribution in [-0.4, -0.2) is 74.9 Å². The van der Waals surface area contributed by atoms with E-state index in [9.17, 15) is 19.0 Å². The average molecular weight is 1370 g/mol. The van der Waals surface area contributed by atoms with Gasteiger partial charge in [0.1, 0.15) is 19.8 Å². The molecule has 0 aliphatic carbocycles. The van der Waals surface area contributed by atoms with E-state index in [-0.39, 0.29) is 32.0 Å². The van der Waals surface area contributed by atoms with Gasteiger partial charge in [-0.05, 0) is 148 Å². The number of phosphoric acid groups is 1. The molecule has 0 fully saturated rings. The predicted molar refractivity (Wildman–Crippen MR) is 426 cm³/mol. The van der Waals surface area contributed by atoms with Crippen LogP contribution in [0.1, 0.15) is 284 Å². The highest BCUT2D eigenvalue weighted by molar-refractivity contribution is 7.47. The van der Waals surface area contributed by atoms with Crippen LogP contribution in [0.2, 0.25) is 0 Å². The lowest BCUT2D eigenvalue weighted by molar-refractivity contribution is -0.870. The first-order valence-electron chi connectivity index (χ1n) is 38.8. The van der Waals surface area contributed by atoms with Gasteiger partial charge in [-0.25, -0.2) is 4.57 Å². The standard InChI is InChI=1S/C88H142NO8P/c1-6-8-10-12-14-16-18-20-22-24-26-28-30-32-34-36-38-40-42-43-44-45-47-49-51-53-55-57-59-61-63-65-67-69-71-73-75-77-79-81-88(91)97-86(85-96-98(92,93)95-83-82-89(3,4)5)84-94-87(90)80-78-76-74-72-70-68-66-64-62-60-58-56-54-52-50-48-46-41-39-37-35-33-31-29-27-25-23-21-19-17-15-13-11-9-7-2/h8-11,14-17,20-23,26-29,32-35,38,40,43-44,47,49,53,55,59,61,65,67,71,73,86H,6-7,12-13,18-19,24-25,30-31,36-37,39,41-42,45-46,48,50-52,54,56-58,60,62-64,66,68-70,72,74-85H2,1-5H3/p+1/b10-8-,11-9-,16-14-,17-15-,22-20-,23-21-,28-26-,29-27-,34-32-,35-33-,40-38-,44-43-,49-47-,55-53-,61-59-,67-65-,73-71-. The molecule has 0 rings (SSSR count). The molecule has 2 atom stereocenters. The van der Waals surface area contributed by atoms with Crippen molar-refractivity contribution < 1.29 is 42.1 Å². The molecule has 1 N–H and O–H groups in total.